The zero-order valence-corrected chi connectivity index (χ0v) is 28.7. The van der Waals surface area contributed by atoms with Crippen molar-refractivity contribution in [3.05, 3.63) is 156 Å². The standard InChI is InChI=1S/C43H46N5/c1-5-44-37-23-15-16-24-38(37)45(6-2)41(44)31-29-33-27-28-34(30-32-42-46(7-3)39-25-17-18-26-40(39)47(42)8-4)43(33)48(35-19-11-9-12-20-35)36-21-13-10-14-22-36/h9-26,29-32H,5-8,27-28H2,1-4H3/q+1. The van der Waals surface area contributed by atoms with Crippen LogP contribution in [-0.2, 0) is 13.1 Å². The quantitative estimate of drug-likeness (QED) is 0.143. The molecule has 48 heavy (non-hydrogen) atoms. The Hall–Kier alpha value is -5.29. The number of allylic oxidation sites excluding steroid dienone is 5. The maximum atomic E-state index is 2.46. The molecule has 0 spiro atoms. The van der Waals surface area contributed by atoms with Gasteiger partial charge in [0, 0.05) is 30.5 Å². The summed E-state index contributed by atoms with van der Waals surface area (Å²) in [6.45, 7) is 12.6. The Morgan fingerprint density at radius 1 is 0.625 bits per heavy atom. The van der Waals surface area contributed by atoms with Crippen molar-refractivity contribution in [2.45, 2.75) is 53.6 Å². The van der Waals surface area contributed by atoms with Crippen LogP contribution in [0.25, 0.3) is 17.1 Å². The summed E-state index contributed by atoms with van der Waals surface area (Å²) >= 11 is 0. The van der Waals surface area contributed by atoms with Crippen LogP contribution in [0.3, 0.4) is 0 Å². The van der Waals surface area contributed by atoms with Crippen LogP contribution in [0.15, 0.2) is 150 Å². The molecule has 0 radical (unpaired) electrons. The summed E-state index contributed by atoms with van der Waals surface area (Å²) < 4.78 is 4.88. The number of fused-ring (bicyclic) bond motifs is 2. The van der Waals surface area contributed by atoms with Gasteiger partial charge >= 0.3 is 0 Å². The third-order valence-electron chi connectivity index (χ3n) is 9.69. The smallest absolute Gasteiger partial charge is 0.282 e. The largest absolute Gasteiger partial charge is 0.326 e. The van der Waals surface area contributed by atoms with E-state index in [0.717, 1.165) is 50.4 Å². The Bertz CT molecular complexity index is 1920. The minimum absolute atomic E-state index is 0.919. The second-order valence-corrected chi connectivity index (χ2v) is 12.2. The molecule has 242 valence electrons. The topological polar surface area (TPSA) is 18.5 Å². The van der Waals surface area contributed by atoms with Crippen molar-refractivity contribution in [2.24, 2.45) is 0 Å². The molecule has 5 aromatic rings. The third-order valence-corrected chi connectivity index (χ3v) is 9.69. The minimum atomic E-state index is 0.919. The summed E-state index contributed by atoms with van der Waals surface area (Å²) in [6, 6.07) is 39.2. The van der Waals surface area contributed by atoms with Crippen molar-refractivity contribution in [3.63, 3.8) is 0 Å². The van der Waals surface area contributed by atoms with Gasteiger partial charge in [-0.25, -0.2) is 9.13 Å². The van der Waals surface area contributed by atoms with E-state index in [2.05, 4.69) is 185 Å². The van der Waals surface area contributed by atoms with Crippen molar-refractivity contribution in [1.29, 1.82) is 0 Å². The number of rotatable bonds is 10. The summed E-state index contributed by atoms with van der Waals surface area (Å²) in [4.78, 5) is 7.33. The number of nitrogens with zero attached hydrogens (tertiary/aromatic N) is 5. The summed E-state index contributed by atoms with van der Waals surface area (Å²) in [5.74, 6) is 2.47. The molecule has 0 atom stereocenters. The molecule has 0 saturated carbocycles. The van der Waals surface area contributed by atoms with Crippen LogP contribution in [0.5, 0.6) is 0 Å². The lowest BCUT2D eigenvalue weighted by Crippen LogP contribution is -2.35. The van der Waals surface area contributed by atoms with Crippen LogP contribution in [0.2, 0.25) is 0 Å². The lowest BCUT2D eigenvalue weighted by atomic mass is 10.1. The normalized spacial score (nSPS) is 15.4. The van der Waals surface area contributed by atoms with Crippen molar-refractivity contribution >= 4 is 39.9 Å². The van der Waals surface area contributed by atoms with E-state index in [1.807, 2.05) is 0 Å². The van der Waals surface area contributed by atoms with Gasteiger partial charge in [0.25, 0.3) is 5.82 Å². The zero-order valence-electron chi connectivity index (χ0n) is 28.7. The first-order valence-electron chi connectivity index (χ1n) is 17.6. The lowest BCUT2D eigenvalue weighted by Gasteiger charge is -2.28. The number of imidazole rings is 1. The molecule has 1 aliphatic heterocycles. The molecule has 1 aliphatic carbocycles. The summed E-state index contributed by atoms with van der Waals surface area (Å²) in [6.07, 6.45) is 11.4. The van der Waals surface area contributed by atoms with Gasteiger partial charge in [0.1, 0.15) is 5.82 Å². The second-order valence-electron chi connectivity index (χ2n) is 12.2. The van der Waals surface area contributed by atoms with Gasteiger partial charge in [-0.1, -0.05) is 66.7 Å². The Labute approximate surface area is 285 Å². The molecule has 7 rings (SSSR count). The number of aromatic nitrogens is 2. The van der Waals surface area contributed by atoms with Crippen LogP contribution < -0.4 is 19.3 Å². The zero-order chi connectivity index (χ0) is 33.0. The SMILES string of the molecule is CCN1C(=C/C=C2\CCC(/C=C/c3n(CC)c4ccccc4[n+]3CC)=C2N(c2ccccc2)c2ccccc2)N(CC)c2ccccc21. The van der Waals surface area contributed by atoms with E-state index < -0.39 is 0 Å². The van der Waals surface area contributed by atoms with Crippen LogP contribution >= 0.6 is 0 Å². The summed E-state index contributed by atoms with van der Waals surface area (Å²) in [5, 5.41) is 0. The molecule has 5 heteroatoms. The Balaban J connectivity index is 1.40. The van der Waals surface area contributed by atoms with Crippen molar-refractivity contribution in [2.75, 3.05) is 27.8 Å². The van der Waals surface area contributed by atoms with Crippen LogP contribution in [-0.4, -0.2) is 17.7 Å². The molecule has 0 fully saturated rings. The average Bonchev–Trinajstić information content (AvgIpc) is 3.79. The average molecular weight is 633 g/mol. The van der Waals surface area contributed by atoms with Gasteiger partial charge in [0.2, 0.25) is 0 Å². The summed E-state index contributed by atoms with van der Waals surface area (Å²) in [5.41, 5.74) is 11.4. The van der Waals surface area contributed by atoms with Gasteiger partial charge < -0.3 is 14.7 Å². The van der Waals surface area contributed by atoms with Gasteiger partial charge in [0.05, 0.1) is 30.2 Å². The monoisotopic (exact) mass is 632 g/mol. The van der Waals surface area contributed by atoms with E-state index in [1.54, 1.807) is 0 Å². The number of para-hydroxylation sites is 6. The van der Waals surface area contributed by atoms with Crippen LogP contribution in [0, 0.1) is 0 Å². The first-order valence-corrected chi connectivity index (χ1v) is 17.6. The predicted octanol–water partition coefficient (Wildman–Crippen LogP) is 10.0. The number of hydrogen-bond acceptors (Lipinski definition) is 3. The van der Waals surface area contributed by atoms with E-state index in [1.165, 1.54) is 50.9 Å². The fraction of sp³-hybridized carbons (Fsp3) is 0.233. The van der Waals surface area contributed by atoms with Crippen molar-refractivity contribution in [3.8, 4) is 0 Å². The predicted molar refractivity (Wildman–Crippen MR) is 202 cm³/mol. The Morgan fingerprint density at radius 3 is 1.79 bits per heavy atom. The highest BCUT2D eigenvalue weighted by Gasteiger charge is 2.30. The molecule has 4 aromatic carbocycles. The van der Waals surface area contributed by atoms with Gasteiger partial charge in [-0.3, -0.25) is 0 Å². The molecule has 0 bridgehead atoms. The third kappa shape index (κ3) is 5.53. The van der Waals surface area contributed by atoms with E-state index in [0.29, 0.717) is 0 Å². The molecule has 2 aliphatic rings. The van der Waals surface area contributed by atoms with E-state index in [9.17, 15) is 0 Å². The van der Waals surface area contributed by atoms with Crippen LogP contribution in [0.1, 0.15) is 46.4 Å². The van der Waals surface area contributed by atoms with Crippen LogP contribution in [0.4, 0.5) is 22.7 Å². The van der Waals surface area contributed by atoms with E-state index in [4.69, 9.17) is 0 Å². The fourth-order valence-corrected chi connectivity index (χ4v) is 7.55. The van der Waals surface area contributed by atoms with E-state index >= 15 is 0 Å². The molecule has 0 unspecified atom stereocenters. The minimum Gasteiger partial charge on any atom is -0.326 e. The summed E-state index contributed by atoms with van der Waals surface area (Å²) in [7, 11) is 0. The molecule has 0 N–H and O–H groups in total. The molecular formula is C43H46N5+. The number of benzene rings is 4. The first kappa shape index (κ1) is 31.3. The van der Waals surface area contributed by atoms with Gasteiger partial charge in [0.15, 0.2) is 11.0 Å². The Morgan fingerprint density at radius 2 is 1.21 bits per heavy atom. The fourth-order valence-electron chi connectivity index (χ4n) is 7.55. The Kier molecular flexibility index (Phi) is 9.02. The molecule has 0 saturated heterocycles. The second kappa shape index (κ2) is 13.8. The van der Waals surface area contributed by atoms with Crippen molar-refractivity contribution < 1.29 is 4.57 Å². The number of anilines is 4. The molecule has 2 heterocycles. The highest BCUT2D eigenvalue weighted by molar-refractivity contribution is 5.83. The van der Waals surface area contributed by atoms with Gasteiger partial charge in [-0.2, -0.15) is 0 Å². The van der Waals surface area contributed by atoms with Crippen molar-refractivity contribution in [1.82, 2.24) is 4.57 Å². The van der Waals surface area contributed by atoms with Gasteiger partial charge in [-0.05, 0) is 112 Å². The number of aryl methyl sites for hydroxylation is 2. The lowest BCUT2D eigenvalue weighted by molar-refractivity contribution is -0.670. The maximum absolute atomic E-state index is 2.46. The molecule has 5 nitrogen and oxygen atoms in total. The highest BCUT2D eigenvalue weighted by Crippen LogP contribution is 2.44. The highest BCUT2D eigenvalue weighted by atomic mass is 15.4. The maximum Gasteiger partial charge on any atom is 0.282 e. The molecule has 1 aromatic heterocycles. The molecule has 0 amide bonds. The van der Waals surface area contributed by atoms with Gasteiger partial charge in [-0.15, -0.1) is 0 Å². The molecular weight excluding hydrogens is 587 g/mol. The van der Waals surface area contributed by atoms with E-state index in [-0.39, 0.29) is 0 Å². The number of hydrogen-bond donors (Lipinski definition) is 0. The first-order chi connectivity index (χ1) is 23.7.